The molecule has 0 bridgehead atoms. The van der Waals surface area contributed by atoms with Gasteiger partial charge in [-0.2, -0.15) is 0 Å². The van der Waals surface area contributed by atoms with Gasteiger partial charge in [0.1, 0.15) is 0 Å². The molecular formula is C9H13BrN2O3S. The number of nitrogen functional groups attached to an aromatic ring is 1. The predicted molar refractivity (Wildman–Crippen MR) is 65.4 cm³/mol. The van der Waals surface area contributed by atoms with Crippen LogP contribution in [-0.4, -0.2) is 26.2 Å². The Labute approximate surface area is 103 Å². The van der Waals surface area contributed by atoms with Crippen LogP contribution >= 0.6 is 15.9 Å². The summed E-state index contributed by atoms with van der Waals surface area (Å²) in [5.41, 5.74) is 6.02. The largest absolute Gasteiger partial charge is 0.398 e. The summed E-state index contributed by atoms with van der Waals surface area (Å²) < 4.78 is 26.2. The lowest BCUT2D eigenvalue weighted by atomic mass is 10.3. The van der Waals surface area contributed by atoms with Crippen LogP contribution in [0.1, 0.15) is 6.92 Å². The number of nitrogens with one attached hydrogen (secondary N) is 1. The van der Waals surface area contributed by atoms with Gasteiger partial charge in [0.15, 0.2) is 0 Å². The zero-order valence-electron chi connectivity index (χ0n) is 8.64. The molecule has 0 heterocycles. The second kappa shape index (κ2) is 5.13. The Balaban J connectivity index is 2.94. The lowest BCUT2D eigenvalue weighted by Gasteiger charge is -2.09. The van der Waals surface area contributed by atoms with Gasteiger partial charge in [0.25, 0.3) is 0 Å². The highest BCUT2D eigenvalue weighted by Gasteiger charge is 2.15. The summed E-state index contributed by atoms with van der Waals surface area (Å²) in [6.07, 6.45) is -0.730. The van der Waals surface area contributed by atoms with Gasteiger partial charge in [-0.3, -0.25) is 0 Å². The van der Waals surface area contributed by atoms with E-state index >= 15 is 0 Å². The molecule has 16 heavy (non-hydrogen) atoms. The van der Waals surface area contributed by atoms with Crippen molar-refractivity contribution >= 4 is 31.6 Å². The number of nitrogens with two attached hydrogens (primary N) is 1. The van der Waals surface area contributed by atoms with Gasteiger partial charge in [0, 0.05) is 16.7 Å². The molecular weight excluding hydrogens is 296 g/mol. The first-order valence-electron chi connectivity index (χ1n) is 4.55. The minimum Gasteiger partial charge on any atom is -0.398 e. The number of aliphatic hydroxyl groups excluding tert-OH is 1. The van der Waals surface area contributed by atoms with E-state index in [1.54, 1.807) is 0 Å². The molecule has 0 fully saturated rings. The van der Waals surface area contributed by atoms with Gasteiger partial charge in [0.2, 0.25) is 10.0 Å². The minimum atomic E-state index is -3.59. The van der Waals surface area contributed by atoms with Crippen molar-refractivity contribution in [2.45, 2.75) is 17.9 Å². The summed E-state index contributed by atoms with van der Waals surface area (Å²) in [7, 11) is -3.59. The molecule has 0 saturated heterocycles. The van der Waals surface area contributed by atoms with Gasteiger partial charge in [0.05, 0.1) is 11.0 Å². The SMILES string of the molecule is CC(O)CNS(=O)(=O)c1ccc(N)c(Br)c1. The molecule has 90 valence electrons. The molecule has 0 amide bonds. The standard InChI is InChI=1S/C9H13BrN2O3S/c1-6(13)5-12-16(14,15)7-2-3-9(11)8(10)4-7/h2-4,6,12-13H,5,11H2,1H3. The average Bonchev–Trinajstić information content (AvgIpc) is 2.19. The number of benzene rings is 1. The number of aliphatic hydroxyl groups is 1. The van der Waals surface area contributed by atoms with Gasteiger partial charge in [-0.15, -0.1) is 0 Å². The molecule has 0 aromatic heterocycles. The Morgan fingerprint density at radius 1 is 1.56 bits per heavy atom. The molecule has 1 atom stereocenters. The van der Waals surface area contributed by atoms with Gasteiger partial charge < -0.3 is 10.8 Å². The summed E-state index contributed by atoms with van der Waals surface area (Å²) in [5.74, 6) is 0. The second-order valence-corrected chi connectivity index (χ2v) is 6.01. The highest BCUT2D eigenvalue weighted by molar-refractivity contribution is 9.10. The van der Waals surface area contributed by atoms with Crippen molar-refractivity contribution in [2.75, 3.05) is 12.3 Å². The van der Waals surface area contributed by atoms with Crippen LogP contribution in [0, 0.1) is 0 Å². The lowest BCUT2D eigenvalue weighted by Crippen LogP contribution is -2.30. The number of rotatable bonds is 4. The molecule has 1 aromatic rings. The van der Waals surface area contributed by atoms with Gasteiger partial charge in [-0.05, 0) is 41.1 Å². The molecule has 4 N–H and O–H groups in total. The van der Waals surface area contributed by atoms with E-state index in [0.29, 0.717) is 10.2 Å². The maximum absolute atomic E-state index is 11.7. The third-order valence-corrected chi connectivity index (χ3v) is 3.96. The molecule has 1 unspecified atom stereocenters. The zero-order valence-corrected chi connectivity index (χ0v) is 11.0. The topological polar surface area (TPSA) is 92.4 Å². The quantitative estimate of drug-likeness (QED) is 0.714. The van der Waals surface area contributed by atoms with Crippen molar-refractivity contribution in [3.05, 3.63) is 22.7 Å². The van der Waals surface area contributed by atoms with Crippen molar-refractivity contribution in [3.63, 3.8) is 0 Å². The molecule has 7 heteroatoms. The third-order valence-electron chi connectivity index (χ3n) is 1.85. The number of sulfonamides is 1. The fraction of sp³-hybridized carbons (Fsp3) is 0.333. The minimum absolute atomic E-state index is 0.0235. The average molecular weight is 309 g/mol. The predicted octanol–water partition coefficient (Wildman–Crippen LogP) is 0.690. The van der Waals surface area contributed by atoms with E-state index in [2.05, 4.69) is 20.7 Å². The summed E-state index contributed by atoms with van der Waals surface area (Å²) in [6.45, 7) is 1.48. The first-order valence-corrected chi connectivity index (χ1v) is 6.83. The van der Waals surface area contributed by atoms with E-state index < -0.39 is 16.1 Å². The number of anilines is 1. The summed E-state index contributed by atoms with van der Waals surface area (Å²) in [4.78, 5) is 0.106. The van der Waals surface area contributed by atoms with Crippen LogP contribution in [0.3, 0.4) is 0 Å². The number of hydrogen-bond donors (Lipinski definition) is 3. The second-order valence-electron chi connectivity index (χ2n) is 3.38. The number of halogens is 1. The van der Waals surface area contributed by atoms with Crippen LogP contribution < -0.4 is 10.5 Å². The Hall–Kier alpha value is -0.630. The highest BCUT2D eigenvalue weighted by Crippen LogP contribution is 2.22. The van der Waals surface area contributed by atoms with Crippen LogP contribution in [0.25, 0.3) is 0 Å². The molecule has 0 aliphatic rings. The molecule has 0 saturated carbocycles. The first kappa shape index (κ1) is 13.4. The normalized spacial score (nSPS) is 13.7. The van der Waals surface area contributed by atoms with E-state index in [4.69, 9.17) is 10.8 Å². The van der Waals surface area contributed by atoms with Crippen molar-refractivity contribution < 1.29 is 13.5 Å². The summed E-state index contributed by atoms with van der Waals surface area (Å²) in [6, 6.07) is 4.32. The van der Waals surface area contributed by atoms with Crippen molar-refractivity contribution in [1.82, 2.24) is 4.72 Å². The monoisotopic (exact) mass is 308 g/mol. The van der Waals surface area contributed by atoms with Crippen LogP contribution in [0.4, 0.5) is 5.69 Å². The van der Waals surface area contributed by atoms with Crippen molar-refractivity contribution in [1.29, 1.82) is 0 Å². The smallest absolute Gasteiger partial charge is 0.240 e. The van der Waals surface area contributed by atoms with E-state index in [1.807, 2.05) is 0 Å². The Bertz CT molecular complexity index is 474. The maximum Gasteiger partial charge on any atom is 0.240 e. The molecule has 1 rings (SSSR count). The van der Waals surface area contributed by atoms with Crippen LogP contribution in [0.5, 0.6) is 0 Å². The van der Waals surface area contributed by atoms with E-state index in [0.717, 1.165) is 0 Å². The van der Waals surface area contributed by atoms with Gasteiger partial charge >= 0.3 is 0 Å². The molecule has 0 aliphatic carbocycles. The van der Waals surface area contributed by atoms with E-state index in [9.17, 15) is 8.42 Å². The Kier molecular flexibility index (Phi) is 4.31. The summed E-state index contributed by atoms with van der Waals surface area (Å²) >= 11 is 3.15. The third kappa shape index (κ3) is 3.44. The summed E-state index contributed by atoms with van der Waals surface area (Å²) in [5, 5.41) is 9.01. The zero-order chi connectivity index (χ0) is 12.3. The molecule has 1 aromatic carbocycles. The van der Waals surface area contributed by atoms with Gasteiger partial charge in [-0.25, -0.2) is 13.1 Å². The van der Waals surface area contributed by atoms with Crippen LogP contribution in [0.2, 0.25) is 0 Å². The molecule has 0 aliphatic heterocycles. The Morgan fingerprint density at radius 2 is 2.19 bits per heavy atom. The van der Waals surface area contributed by atoms with E-state index in [1.165, 1.54) is 25.1 Å². The number of hydrogen-bond acceptors (Lipinski definition) is 4. The van der Waals surface area contributed by atoms with E-state index in [-0.39, 0.29) is 11.4 Å². The maximum atomic E-state index is 11.7. The van der Waals surface area contributed by atoms with Crippen LogP contribution in [-0.2, 0) is 10.0 Å². The Morgan fingerprint density at radius 3 is 2.69 bits per heavy atom. The lowest BCUT2D eigenvalue weighted by molar-refractivity contribution is 0.198. The van der Waals surface area contributed by atoms with Crippen molar-refractivity contribution in [2.24, 2.45) is 0 Å². The van der Waals surface area contributed by atoms with Crippen LogP contribution in [0.15, 0.2) is 27.6 Å². The fourth-order valence-corrected chi connectivity index (χ4v) is 2.67. The molecule has 0 radical (unpaired) electrons. The molecule has 5 nitrogen and oxygen atoms in total. The molecule has 0 spiro atoms. The highest BCUT2D eigenvalue weighted by atomic mass is 79.9. The van der Waals surface area contributed by atoms with Crippen molar-refractivity contribution in [3.8, 4) is 0 Å². The fourth-order valence-electron chi connectivity index (χ4n) is 0.989. The van der Waals surface area contributed by atoms with Gasteiger partial charge in [-0.1, -0.05) is 0 Å². The first-order chi connectivity index (χ1) is 7.33.